The molecule has 1 aromatic heterocycles. The van der Waals surface area contributed by atoms with Crippen LogP contribution >= 0.6 is 15.9 Å². The van der Waals surface area contributed by atoms with Crippen LogP contribution in [0.4, 0.5) is 11.4 Å². The van der Waals surface area contributed by atoms with Crippen LogP contribution in [-0.4, -0.2) is 51.7 Å². The molecule has 3 aromatic carbocycles. The smallest absolute Gasteiger partial charge is 0.242 e. The number of hydrogen-bond acceptors (Lipinski definition) is 5. The molecule has 3 N–H and O–H groups in total. The van der Waals surface area contributed by atoms with Crippen LogP contribution in [0.2, 0.25) is 0 Å². The minimum atomic E-state index is -3.95. The number of H-pyrrole nitrogens is 1. The molecular formula is C27H27BrN4O4S. The van der Waals surface area contributed by atoms with Gasteiger partial charge in [0.15, 0.2) is 0 Å². The van der Waals surface area contributed by atoms with Crippen molar-refractivity contribution < 1.29 is 17.9 Å². The zero-order chi connectivity index (χ0) is 25.8. The lowest BCUT2D eigenvalue weighted by Gasteiger charge is -2.29. The van der Waals surface area contributed by atoms with Crippen LogP contribution in [0.15, 0.2) is 88.4 Å². The topological polar surface area (TPSA) is 104 Å². The van der Waals surface area contributed by atoms with Crippen molar-refractivity contribution in [2.45, 2.75) is 17.4 Å². The Morgan fingerprint density at radius 1 is 1.00 bits per heavy atom. The first-order valence-corrected chi connectivity index (χ1v) is 14.2. The molecule has 0 unspecified atom stereocenters. The highest BCUT2D eigenvalue weighted by molar-refractivity contribution is 9.10. The van der Waals surface area contributed by atoms with Gasteiger partial charge in [0.2, 0.25) is 15.9 Å². The van der Waals surface area contributed by atoms with Gasteiger partial charge in [-0.1, -0.05) is 34.1 Å². The largest absolute Gasteiger partial charge is 0.378 e. The van der Waals surface area contributed by atoms with E-state index in [4.69, 9.17) is 4.74 Å². The van der Waals surface area contributed by atoms with Gasteiger partial charge in [0, 0.05) is 46.0 Å². The van der Waals surface area contributed by atoms with Gasteiger partial charge in [0.1, 0.15) is 6.04 Å². The molecule has 0 bridgehead atoms. The summed E-state index contributed by atoms with van der Waals surface area (Å²) in [4.78, 5) is 18.9. The minimum Gasteiger partial charge on any atom is -0.378 e. The van der Waals surface area contributed by atoms with Crippen LogP contribution in [0.3, 0.4) is 0 Å². The van der Waals surface area contributed by atoms with E-state index in [1.165, 1.54) is 12.1 Å². The summed E-state index contributed by atoms with van der Waals surface area (Å²) in [7, 11) is -3.95. The third kappa shape index (κ3) is 6.04. The Labute approximate surface area is 224 Å². The second-order valence-electron chi connectivity index (χ2n) is 8.83. The number of fused-ring (bicyclic) bond motifs is 1. The van der Waals surface area contributed by atoms with E-state index in [-0.39, 0.29) is 11.3 Å². The first kappa shape index (κ1) is 25.5. The number of rotatable bonds is 8. The molecule has 0 spiro atoms. The third-order valence-corrected chi connectivity index (χ3v) is 8.36. The van der Waals surface area contributed by atoms with Crippen molar-refractivity contribution in [3.8, 4) is 0 Å². The summed E-state index contributed by atoms with van der Waals surface area (Å²) in [5.74, 6) is -0.440. The number of hydrogen-bond donors (Lipinski definition) is 3. The first-order valence-electron chi connectivity index (χ1n) is 12.0. The van der Waals surface area contributed by atoms with E-state index in [9.17, 15) is 13.2 Å². The molecule has 5 rings (SSSR count). The van der Waals surface area contributed by atoms with Gasteiger partial charge in [-0.15, -0.1) is 0 Å². The van der Waals surface area contributed by atoms with Crippen molar-refractivity contribution in [1.82, 2.24) is 9.71 Å². The third-order valence-electron chi connectivity index (χ3n) is 6.35. The highest BCUT2D eigenvalue weighted by Crippen LogP contribution is 2.23. The maximum Gasteiger partial charge on any atom is 0.242 e. The molecule has 1 fully saturated rings. The number of nitrogens with one attached hydrogen (secondary N) is 3. The molecule has 4 aromatic rings. The zero-order valence-corrected chi connectivity index (χ0v) is 22.4. The van der Waals surface area contributed by atoms with Gasteiger partial charge in [0.05, 0.1) is 18.1 Å². The van der Waals surface area contributed by atoms with Crippen LogP contribution in [0.25, 0.3) is 10.9 Å². The van der Waals surface area contributed by atoms with Crippen molar-refractivity contribution >= 4 is 54.1 Å². The Hall–Kier alpha value is -3.18. The van der Waals surface area contributed by atoms with Crippen LogP contribution in [0, 0.1) is 0 Å². The summed E-state index contributed by atoms with van der Waals surface area (Å²) in [5.41, 5.74) is 3.41. The van der Waals surface area contributed by atoms with Crippen molar-refractivity contribution in [1.29, 1.82) is 0 Å². The summed E-state index contributed by atoms with van der Waals surface area (Å²) < 4.78 is 35.2. The standard InChI is InChI=1S/C27H27BrN4O4S/c28-20-5-11-23(12-6-20)37(34,35)31-26(17-19-18-29-25-4-2-1-3-24(19)25)27(33)30-21-7-9-22(10-8-21)32-13-15-36-16-14-32/h1-12,18,26,29,31H,13-17H2,(H,30,33)/t26-/m0/s1. The number of carbonyl (C=O) groups is 1. The van der Waals surface area contributed by atoms with Gasteiger partial charge in [-0.25, -0.2) is 8.42 Å². The number of amides is 1. The van der Waals surface area contributed by atoms with E-state index in [2.05, 4.69) is 35.9 Å². The summed E-state index contributed by atoms with van der Waals surface area (Å²) in [6.07, 6.45) is 1.99. The van der Waals surface area contributed by atoms with E-state index in [0.717, 1.165) is 39.7 Å². The molecule has 0 aliphatic carbocycles. The number of benzene rings is 3. The highest BCUT2D eigenvalue weighted by atomic mass is 79.9. The summed E-state index contributed by atoms with van der Waals surface area (Å²) >= 11 is 3.32. The number of para-hydroxylation sites is 1. The van der Waals surface area contributed by atoms with Gasteiger partial charge in [0.25, 0.3) is 0 Å². The number of halogens is 1. The van der Waals surface area contributed by atoms with E-state index in [1.807, 2.05) is 54.7 Å². The molecule has 37 heavy (non-hydrogen) atoms. The van der Waals surface area contributed by atoms with Gasteiger partial charge in [-0.3, -0.25) is 4.79 Å². The van der Waals surface area contributed by atoms with Gasteiger partial charge in [-0.05, 0) is 66.6 Å². The molecule has 10 heteroatoms. The lowest BCUT2D eigenvalue weighted by molar-refractivity contribution is -0.117. The SMILES string of the molecule is O=C(Nc1ccc(N2CCOCC2)cc1)[C@H](Cc1c[nH]c2ccccc12)NS(=O)(=O)c1ccc(Br)cc1. The second kappa shape index (κ2) is 11.1. The molecule has 1 saturated heterocycles. The van der Waals surface area contributed by atoms with Gasteiger partial charge >= 0.3 is 0 Å². The van der Waals surface area contributed by atoms with Crippen molar-refractivity contribution in [2.24, 2.45) is 0 Å². The fraction of sp³-hybridized carbons (Fsp3) is 0.222. The number of aromatic nitrogens is 1. The monoisotopic (exact) mass is 582 g/mol. The zero-order valence-electron chi connectivity index (χ0n) is 20.0. The second-order valence-corrected chi connectivity index (χ2v) is 11.5. The van der Waals surface area contributed by atoms with Crippen molar-refractivity contribution in [2.75, 3.05) is 36.5 Å². The Morgan fingerprint density at radius 3 is 2.43 bits per heavy atom. The Kier molecular flexibility index (Phi) is 7.61. The van der Waals surface area contributed by atoms with Gasteiger partial charge < -0.3 is 19.9 Å². The lowest BCUT2D eigenvalue weighted by Crippen LogP contribution is -2.45. The van der Waals surface area contributed by atoms with Crippen LogP contribution < -0.4 is 14.9 Å². The van der Waals surface area contributed by atoms with Crippen molar-refractivity contribution in [3.63, 3.8) is 0 Å². The molecule has 2 heterocycles. The first-order chi connectivity index (χ1) is 17.9. The Morgan fingerprint density at radius 2 is 1.70 bits per heavy atom. The number of aromatic amines is 1. The summed E-state index contributed by atoms with van der Waals surface area (Å²) in [6, 6.07) is 20.5. The normalized spacial score (nSPS) is 15.0. The number of nitrogens with zero attached hydrogens (tertiary/aromatic N) is 1. The number of ether oxygens (including phenoxy) is 1. The maximum atomic E-state index is 13.4. The lowest BCUT2D eigenvalue weighted by atomic mass is 10.0. The average Bonchev–Trinajstić information content (AvgIpc) is 3.32. The number of morpholine rings is 1. The summed E-state index contributed by atoms with van der Waals surface area (Å²) in [5, 5.41) is 3.83. The molecule has 0 radical (unpaired) electrons. The predicted octanol–water partition coefficient (Wildman–Crippen LogP) is 4.30. The van der Waals surface area contributed by atoms with E-state index in [1.54, 1.807) is 12.1 Å². The Balaban J connectivity index is 1.38. The minimum absolute atomic E-state index is 0.0855. The predicted molar refractivity (Wildman–Crippen MR) is 148 cm³/mol. The van der Waals surface area contributed by atoms with E-state index >= 15 is 0 Å². The molecular weight excluding hydrogens is 556 g/mol. The Bertz CT molecular complexity index is 1480. The molecule has 1 atom stereocenters. The van der Waals surface area contributed by atoms with Crippen LogP contribution in [0.1, 0.15) is 5.56 Å². The fourth-order valence-electron chi connectivity index (χ4n) is 4.38. The van der Waals surface area contributed by atoms with E-state index < -0.39 is 22.0 Å². The van der Waals surface area contributed by atoms with Crippen molar-refractivity contribution in [3.05, 3.63) is 89.0 Å². The molecule has 1 amide bonds. The molecule has 0 saturated carbocycles. The quantitative estimate of drug-likeness (QED) is 0.287. The molecule has 1 aliphatic rings. The number of carbonyl (C=O) groups excluding carboxylic acids is 1. The fourth-order valence-corrected chi connectivity index (χ4v) is 5.84. The molecule has 8 nitrogen and oxygen atoms in total. The number of sulfonamides is 1. The molecule has 192 valence electrons. The summed E-state index contributed by atoms with van der Waals surface area (Å²) in [6.45, 7) is 3.01. The van der Waals surface area contributed by atoms with E-state index in [0.29, 0.717) is 18.9 Å². The average molecular weight is 584 g/mol. The van der Waals surface area contributed by atoms with Crippen LogP contribution in [-0.2, 0) is 26.0 Å². The highest BCUT2D eigenvalue weighted by Gasteiger charge is 2.27. The van der Waals surface area contributed by atoms with Crippen LogP contribution in [0.5, 0.6) is 0 Å². The number of anilines is 2. The molecule has 1 aliphatic heterocycles. The van der Waals surface area contributed by atoms with Gasteiger partial charge in [-0.2, -0.15) is 4.72 Å². The maximum absolute atomic E-state index is 13.4.